The van der Waals surface area contributed by atoms with Gasteiger partial charge in [-0.25, -0.2) is 0 Å². The van der Waals surface area contributed by atoms with E-state index in [1.165, 1.54) is 40.6 Å². The second kappa shape index (κ2) is 6.91. The molecule has 1 nitrogen and oxygen atoms in total. The lowest BCUT2D eigenvalue weighted by atomic mass is 10.1. The summed E-state index contributed by atoms with van der Waals surface area (Å²) in [5, 5.41) is 5.08. The van der Waals surface area contributed by atoms with Gasteiger partial charge in [-0.2, -0.15) is 0 Å². The first kappa shape index (κ1) is 13.6. The van der Waals surface area contributed by atoms with Crippen molar-refractivity contribution >= 4 is 21.4 Å². The van der Waals surface area contributed by atoms with Crippen molar-refractivity contribution in [3.63, 3.8) is 0 Å². The largest absolute Gasteiger partial charge is 0.309 e. The number of hydrogen-bond acceptors (Lipinski definition) is 2. The molecule has 2 heteroatoms. The molecule has 1 aromatic heterocycles. The number of unbranched alkanes of at least 4 members (excludes halogenated alkanes) is 1. The van der Waals surface area contributed by atoms with Crippen LogP contribution in [0.4, 0.5) is 0 Å². The summed E-state index contributed by atoms with van der Waals surface area (Å²) < 4.78 is 1.41. The Morgan fingerprint density at radius 1 is 1.17 bits per heavy atom. The maximum Gasteiger partial charge on any atom is 0.0415 e. The normalized spacial score (nSPS) is 13.0. The van der Waals surface area contributed by atoms with Crippen LogP contribution in [0.3, 0.4) is 0 Å². The molecule has 0 bridgehead atoms. The molecule has 98 valence electrons. The Bertz CT molecular complexity index is 434. The zero-order valence-corrected chi connectivity index (χ0v) is 12.2. The van der Waals surface area contributed by atoms with Crippen molar-refractivity contribution in [3.8, 4) is 0 Å². The first-order valence-corrected chi connectivity index (χ1v) is 7.88. The van der Waals surface area contributed by atoms with Gasteiger partial charge in [0.05, 0.1) is 0 Å². The van der Waals surface area contributed by atoms with Gasteiger partial charge in [-0.05, 0) is 36.9 Å². The maximum absolute atomic E-state index is 3.69. The van der Waals surface area contributed by atoms with Crippen LogP contribution >= 0.6 is 11.3 Å². The molecular formula is C16H23NS. The smallest absolute Gasteiger partial charge is 0.0415 e. The average Bonchev–Trinajstić information content (AvgIpc) is 2.82. The van der Waals surface area contributed by atoms with E-state index in [1.54, 1.807) is 0 Å². The van der Waals surface area contributed by atoms with Crippen LogP contribution < -0.4 is 5.32 Å². The monoisotopic (exact) mass is 261 g/mol. The minimum absolute atomic E-state index is 0.544. The standard InChI is InChI=1S/C16H23NS/c1-3-5-9-14(17-11-4-2)16-12-13-8-6-7-10-15(13)18-16/h6-8,10,12,14,17H,3-5,9,11H2,1-2H3. The molecule has 1 heterocycles. The molecule has 1 aromatic carbocycles. The topological polar surface area (TPSA) is 12.0 Å². The van der Waals surface area contributed by atoms with Crippen LogP contribution in [0.2, 0.25) is 0 Å². The van der Waals surface area contributed by atoms with Crippen LogP contribution in [0.25, 0.3) is 10.1 Å². The third kappa shape index (κ3) is 3.33. The first-order chi connectivity index (χ1) is 8.85. The summed E-state index contributed by atoms with van der Waals surface area (Å²) in [6, 6.07) is 11.6. The molecule has 0 radical (unpaired) electrons. The third-order valence-corrected chi connectivity index (χ3v) is 4.50. The third-order valence-electron chi connectivity index (χ3n) is 3.28. The second-order valence-corrected chi connectivity index (χ2v) is 5.95. The van der Waals surface area contributed by atoms with E-state index >= 15 is 0 Å². The fourth-order valence-corrected chi connectivity index (χ4v) is 3.42. The predicted octanol–water partition coefficient (Wildman–Crippen LogP) is 5.13. The molecule has 2 rings (SSSR count). The van der Waals surface area contributed by atoms with Crippen molar-refractivity contribution in [2.45, 2.75) is 45.6 Å². The lowest BCUT2D eigenvalue weighted by molar-refractivity contribution is 0.488. The van der Waals surface area contributed by atoms with Crippen molar-refractivity contribution in [1.82, 2.24) is 5.32 Å². The highest BCUT2D eigenvalue weighted by molar-refractivity contribution is 7.19. The number of fused-ring (bicyclic) bond motifs is 1. The molecule has 1 atom stereocenters. The summed E-state index contributed by atoms with van der Waals surface area (Å²) in [6.45, 7) is 5.61. The molecule has 1 N–H and O–H groups in total. The van der Waals surface area contributed by atoms with Gasteiger partial charge in [0.15, 0.2) is 0 Å². The van der Waals surface area contributed by atoms with Gasteiger partial charge in [0.2, 0.25) is 0 Å². The van der Waals surface area contributed by atoms with Gasteiger partial charge in [-0.15, -0.1) is 11.3 Å². The van der Waals surface area contributed by atoms with Crippen molar-refractivity contribution in [2.75, 3.05) is 6.54 Å². The summed E-state index contributed by atoms with van der Waals surface area (Å²) >= 11 is 1.94. The summed E-state index contributed by atoms with van der Waals surface area (Å²) in [5.41, 5.74) is 0. The van der Waals surface area contributed by atoms with Crippen molar-refractivity contribution in [3.05, 3.63) is 35.2 Å². The Balaban J connectivity index is 2.17. The lowest BCUT2D eigenvalue weighted by Gasteiger charge is -2.16. The predicted molar refractivity (Wildman–Crippen MR) is 82.4 cm³/mol. The van der Waals surface area contributed by atoms with E-state index in [1.807, 2.05) is 11.3 Å². The van der Waals surface area contributed by atoms with E-state index in [2.05, 4.69) is 49.5 Å². The van der Waals surface area contributed by atoms with Crippen LogP contribution in [0.1, 0.15) is 50.4 Å². The van der Waals surface area contributed by atoms with Crippen molar-refractivity contribution < 1.29 is 0 Å². The molecule has 0 aliphatic rings. The Hall–Kier alpha value is -0.860. The van der Waals surface area contributed by atoms with Crippen LogP contribution in [-0.2, 0) is 0 Å². The number of hydrogen-bond donors (Lipinski definition) is 1. The molecule has 18 heavy (non-hydrogen) atoms. The Morgan fingerprint density at radius 3 is 2.72 bits per heavy atom. The highest BCUT2D eigenvalue weighted by Gasteiger charge is 2.13. The highest BCUT2D eigenvalue weighted by atomic mass is 32.1. The quantitative estimate of drug-likeness (QED) is 0.728. The number of nitrogens with one attached hydrogen (secondary N) is 1. The molecule has 0 saturated carbocycles. The van der Waals surface area contributed by atoms with Gasteiger partial charge in [0.25, 0.3) is 0 Å². The molecule has 2 aromatic rings. The van der Waals surface area contributed by atoms with Crippen LogP contribution in [0.15, 0.2) is 30.3 Å². The maximum atomic E-state index is 3.69. The summed E-state index contributed by atoms with van der Waals surface area (Å²) in [7, 11) is 0. The Labute approximate surface area is 114 Å². The zero-order chi connectivity index (χ0) is 12.8. The molecule has 0 aliphatic carbocycles. The molecule has 0 fully saturated rings. The second-order valence-electron chi connectivity index (χ2n) is 4.84. The van der Waals surface area contributed by atoms with E-state index < -0.39 is 0 Å². The molecule has 0 amide bonds. The van der Waals surface area contributed by atoms with Crippen molar-refractivity contribution in [2.24, 2.45) is 0 Å². The molecule has 1 unspecified atom stereocenters. The number of rotatable bonds is 7. The van der Waals surface area contributed by atoms with E-state index in [0.717, 1.165) is 6.54 Å². The minimum Gasteiger partial charge on any atom is -0.309 e. The fourth-order valence-electron chi connectivity index (χ4n) is 2.25. The minimum atomic E-state index is 0.544. The summed E-state index contributed by atoms with van der Waals surface area (Å²) in [6.07, 6.45) is 5.03. The van der Waals surface area contributed by atoms with Crippen molar-refractivity contribution in [1.29, 1.82) is 0 Å². The molecule has 0 saturated heterocycles. The molecule has 0 aliphatic heterocycles. The van der Waals surface area contributed by atoms with Gasteiger partial charge < -0.3 is 5.32 Å². The van der Waals surface area contributed by atoms with Gasteiger partial charge in [0.1, 0.15) is 0 Å². The zero-order valence-electron chi connectivity index (χ0n) is 11.4. The summed E-state index contributed by atoms with van der Waals surface area (Å²) in [5.74, 6) is 0. The van der Waals surface area contributed by atoms with E-state index in [9.17, 15) is 0 Å². The Kier molecular flexibility index (Phi) is 5.21. The SMILES string of the molecule is CCCCC(NCCC)c1cc2ccccc2s1. The average molecular weight is 261 g/mol. The highest BCUT2D eigenvalue weighted by Crippen LogP contribution is 2.32. The van der Waals surface area contributed by atoms with Crippen LogP contribution in [-0.4, -0.2) is 6.54 Å². The Morgan fingerprint density at radius 2 is 2.00 bits per heavy atom. The molecule has 0 spiro atoms. The van der Waals surface area contributed by atoms with Gasteiger partial charge in [-0.1, -0.05) is 44.9 Å². The fraction of sp³-hybridized carbons (Fsp3) is 0.500. The van der Waals surface area contributed by atoms with Gasteiger partial charge in [-0.3, -0.25) is 0 Å². The van der Waals surface area contributed by atoms with Gasteiger partial charge >= 0.3 is 0 Å². The van der Waals surface area contributed by atoms with E-state index in [-0.39, 0.29) is 0 Å². The molecular weight excluding hydrogens is 238 g/mol. The summed E-state index contributed by atoms with van der Waals surface area (Å²) in [4.78, 5) is 1.50. The van der Waals surface area contributed by atoms with Crippen LogP contribution in [0.5, 0.6) is 0 Å². The lowest BCUT2D eigenvalue weighted by Crippen LogP contribution is -2.21. The van der Waals surface area contributed by atoms with E-state index in [0.29, 0.717) is 6.04 Å². The number of benzene rings is 1. The van der Waals surface area contributed by atoms with Crippen LogP contribution in [0, 0.1) is 0 Å². The van der Waals surface area contributed by atoms with Gasteiger partial charge in [0, 0.05) is 15.6 Å². The van der Waals surface area contributed by atoms with E-state index in [4.69, 9.17) is 0 Å². The first-order valence-electron chi connectivity index (χ1n) is 7.07. The number of thiophene rings is 1.